The van der Waals surface area contributed by atoms with Crippen molar-refractivity contribution in [3.05, 3.63) is 69.2 Å². The Bertz CT molecular complexity index is 995. The molecular formula is C20H21N3OS3. The zero-order chi connectivity index (χ0) is 19.4. The highest BCUT2D eigenvalue weighted by Gasteiger charge is 2.13. The lowest BCUT2D eigenvalue weighted by molar-refractivity contribution is -0.119. The van der Waals surface area contributed by atoms with E-state index >= 15 is 0 Å². The van der Waals surface area contributed by atoms with E-state index < -0.39 is 0 Å². The monoisotopic (exact) mass is 415 g/mol. The molecule has 0 saturated heterocycles. The highest BCUT2D eigenvalue weighted by Crippen LogP contribution is 2.24. The van der Waals surface area contributed by atoms with Gasteiger partial charge in [-0.3, -0.25) is 4.79 Å². The topological polar surface area (TPSA) is 46.9 Å². The van der Waals surface area contributed by atoms with Crippen molar-refractivity contribution in [2.24, 2.45) is 0 Å². The molecule has 0 bridgehead atoms. The number of para-hydroxylation sites is 1. The zero-order valence-electron chi connectivity index (χ0n) is 15.4. The van der Waals surface area contributed by atoms with Crippen molar-refractivity contribution in [1.82, 2.24) is 15.1 Å². The fraction of sp³-hybridized carbons (Fsp3) is 0.250. The van der Waals surface area contributed by atoms with Crippen LogP contribution >= 0.6 is 35.3 Å². The highest BCUT2D eigenvalue weighted by molar-refractivity contribution is 8.01. The molecule has 0 fully saturated rings. The van der Waals surface area contributed by atoms with Gasteiger partial charge in [-0.1, -0.05) is 59.5 Å². The van der Waals surface area contributed by atoms with Gasteiger partial charge in [-0.2, -0.15) is 0 Å². The predicted octanol–water partition coefficient (Wildman–Crippen LogP) is 5.25. The molecule has 140 valence electrons. The van der Waals surface area contributed by atoms with E-state index in [-0.39, 0.29) is 11.9 Å². The predicted molar refractivity (Wildman–Crippen MR) is 115 cm³/mol. The van der Waals surface area contributed by atoms with Gasteiger partial charge in [-0.25, -0.2) is 4.68 Å². The third kappa shape index (κ3) is 5.06. The number of hydrogen-bond donors (Lipinski definition) is 1. The summed E-state index contributed by atoms with van der Waals surface area (Å²) in [6.45, 7) is 6.17. The normalized spacial score (nSPS) is 12.0. The molecule has 7 heteroatoms. The van der Waals surface area contributed by atoms with E-state index in [1.807, 2.05) is 37.3 Å². The fourth-order valence-corrected chi connectivity index (χ4v) is 4.75. The van der Waals surface area contributed by atoms with Crippen LogP contribution in [0, 0.1) is 17.8 Å². The van der Waals surface area contributed by atoms with Crippen molar-refractivity contribution < 1.29 is 4.79 Å². The van der Waals surface area contributed by atoms with Crippen molar-refractivity contribution >= 4 is 41.2 Å². The maximum atomic E-state index is 12.3. The molecule has 1 N–H and O–H groups in total. The number of amides is 1. The maximum Gasteiger partial charge on any atom is 0.230 e. The molecular weight excluding hydrogens is 394 g/mol. The summed E-state index contributed by atoms with van der Waals surface area (Å²) in [4.78, 5) is 12.3. The Hall–Kier alpha value is -1.96. The van der Waals surface area contributed by atoms with Gasteiger partial charge in [-0.05, 0) is 61.8 Å². The van der Waals surface area contributed by atoms with Crippen LogP contribution in [0.3, 0.4) is 0 Å². The second kappa shape index (κ2) is 8.82. The number of carbonyl (C=O) groups excluding carboxylic acids is 1. The SMILES string of the molecule is Cc1ccc(C(C)NC(=O)CSc2nn(-c3ccccc3)c(=S)s2)cc1C. The van der Waals surface area contributed by atoms with E-state index in [1.54, 1.807) is 4.68 Å². The standard InChI is InChI=1S/C20H21N3OS3/c1-13-9-10-16(11-14(13)2)15(3)21-18(24)12-26-19-22-23(20(25)27-19)17-7-5-4-6-8-17/h4-11,15H,12H2,1-3H3,(H,21,24). The van der Waals surface area contributed by atoms with Crippen LogP contribution in [-0.2, 0) is 4.79 Å². The van der Waals surface area contributed by atoms with Crippen LogP contribution in [0.25, 0.3) is 5.69 Å². The number of rotatable bonds is 6. The van der Waals surface area contributed by atoms with Gasteiger partial charge < -0.3 is 5.32 Å². The lowest BCUT2D eigenvalue weighted by Crippen LogP contribution is -2.28. The summed E-state index contributed by atoms with van der Waals surface area (Å²) in [5.74, 6) is 0.296. The van der Waals surface area contributed by atoms with E-state index in [0.717, 1.165) is 15.6 Å². The lowest BCUT2D eigenvalue weighted by atomic mass is 10.0. The first kappa shape index (κ1) is 19.8. The number of nitrogens with zero attached hydrogens (tertiary/aromatic N) is 2. The van der Waals surface area contributed by atoms with Crippen LogP contribution in [0.4, 0.5) is 0 Å². The molecule has 0 aliphatic carbocycles. The van der Waals surface area contributed by atoms with Gasteiger partial charge in [0, 0.05) is 0 Å². The molecule has 0 aliphatic rings. The van der Waals surface area contributed by atoms with Gasteiger partial charge in [0.25, 0.3) is 0 Å². The summed E-state index contributed by atoms with van der Waals surface area (Å²) < 4.78 is 3.20. The maximum absolute atomic E-state index is 12.3. The van der Waals surface area contributed by atoms with Crippen LogP contribution in [0.2, 0.25) is 0 Å². The molecule has 1 aromatic heterocycles. The van der Waals surface area contributed by atoms with Crippen LogP contribution in [0.15, 0.2) is 52.9 Å². The van der Waals surface area contributed by atoms with Gasteiger partial charge in [0.2, 0.25) is 5.91 Å². The molecule has 3 aromatic rings. The summed E-state index contributed by atoms with van der Waals surface area (Å²) in [5, 5.41) is 7.58. The largest absolute Gasteiger partial charge is 0.349 e. The minimum atomic E-state index is -0.0301. The van der Waals surface area contributed by atoms with Crippen LogP contribution in [0.5, 0.6) is 0 Å². The molecule has 1 heterocycles. The smallest absolute Gasteiger partial charge is 0.230 e. The van der Waals surface area contributed by atoms with E-state index in [2.05, 4.69) is 42.5 Å². The van der Waals surface area contributed by atoms with Gasteiger partial charge in [0.05, 0.1) is 17.5 Å². The van der Waals surface area contributed by atoms with Gasteiger partial charge in [0.15, 0.2) is 8.29 Å². The molecule has 1 unspecified atom stereocenters. The Kier molecular flexibility index (Phi) is 6.46. The number of nitrogens with one attached hydrogen (secondary N) is 1. The van der Waals surface area contributed by atoms with Crippen molar-refractivity contribution in [2.75, 3.05) is 5.75 Å². The molecule has 3 rings (SSSR count). The second-order valence-electron chi connectivity index (χ2n) is 6.30. The van der Waals surface area contributed by atoms with Crippen molar-refractivity contribution in [2.45, 2.75) is 31.2 Å². The van der Waals surface area contributed by atoms with Crippen LogP contribution < -0.4 is 5.32 Å². The van der Waals surface area contributed by atoms with Gasteiger partial charge in [-0.15, -0.1) is 5.10 Å². The number of hydrogen-bond acceptors (Lipinski definition) is 5. The Labute approximate surface area is 172 Å². The minimum absolute atomic E-state index is 0.0156. The molecule has 0 aliphatic heterocycles. The summed E-state index contributed by atoms with van der Waals surface area (Å²) >= 11 is 8.22. The first-order chi connectivity index (χ1) is 12.9. The Morgan fingerprint density at radius 1 is 1.22 bits per heavy atom. The number of aryl methyl sites for hydroxylation is 2. The summed E-state index contributed by atoms with van der Waals surface area (Å²) in [7, 11) is 0. The van der Waals surface area contributed by atoms with E-state index in [1.165, 1.54) is 34.2 Å². The Morgan fingerprint density at radius 3 is 2.67 bits per heavy atom. The number of carbonyl (C=O) groups is 1. The number of aromatic nitrogens is 2. The average molecular weight is 416 g/mol. The van der Waals surface area contributed by atoms with Crippen molar-refractivity contribution in [3.63, 3.8) is 0 Å². The van der Waals surface area contributed by atoms with Crippen LogP contribution in [-0.4, -0.2) is 21.4 Å². The third-order valence-corrected chi connectivity index (χ3v) is 6.63. The van der Waals surface area contributed by atoms with Crippen molar-refractivity contribution in [3.8, 4) is 5.69 Å². The summed E-state index contributed by atoms with van der Waals surface area (Å²) in [6.07, 6.45) is 0. The second-order valence-corrected chi connectivity index (χ2v) is 9.15. The molecule has 0 saturated carbocycles. The van der Waals surface area contributed by atoms with Crippen molar-refractivity contribution in [1.29, 1.82) is 0 Å². The molecule has 0 spiro atoms. The average Bonchev–Trinajstić information content (AvgIpc) is 3.03. The highest BCUT2D eigenvalue weighted by atomic mass is 32.2. The number of thioether (sulfide) groups is 1. The molecule has 1 amide bonds. The molecule has 2 aromatic carbocycles. The first-order valence-corrected chi connectivity index (χ1v) is 10.8. The third-order valence-electron chi connectivity index (χ3n) is 4.27. The molecule has 27 heavy (non-hydrogen) atoms. The van der Waals surface area contributed by atoms with E-state index in [0.29, 0.717) is 9.71 Å². The summed E-state index contributed by atoms with van der Waals surface area (Å²) in [5.41, 5.74) is 4.52. The van der Waals surface area contributed by atoms with Gasteiger partial charge in [0.1, 0.15) is 0 Å². The van der Waals surface area contributed by atoms with Crippen LogP contribution in [0.1, 0.15) is 29.7 Å². The molecule has 1 atom stereocenters. The lowest BCUT2D eigenvalue weighted by Gasteiger charge is -2.15. The summed E-state index contributed by atoms with van der Waals surface area (Å²) in [6, 6.07) is 16.0. The zero-order valence-corrected chi connectivity index (χ0v) is 17.9. The quantitative estimate of drug-likeness (QED) is 0.441. The van der Waals surface area contributed by atoms with E-state index in [4.69, 9.17) is 12.2 Å². The van der Waals surface area contributed by atoms with E-state index in [9.17, 15) is 4.79 Å². The Balaban J connectivity index is 1.59. The fourth-order valence-electron chi connectivity index (χ4n) is 2.58. The first-order valence-electron chi connectivity index (χ1n) is 8.59. The molecule has 0 radical (unpaired) electrons. The minimum Gasteiger partial charge on any atom is -0.349 e. The molecule has 4 nitrogen and oxygen atoms in total. The number of benzene rings is 2. The van der Waals surface area contributed by atoms with Gasteiger partial charge >= 0.3 is 0 Å². The Morgan fingerprint density at radius 2 is 1.96 bits per heavy atom.